The Kier molecular flexibility index (Phi) is 3.80. The van der Waals surface area contributed by atoms with Gasteiger partial charge in [-0.25, -0.2) is 0 Å². The molecule has 0 aromatic rings. The average Bonchev–Trinajstić information content (AvgIpc) is 2.56. The third-order valence-corrected chi connectivity index (χ3v) is 4.45. The van der Waals surface area contributed by atoms with Gasteiger partial charge in [-0.05, 0) is 53.5 Å². The first-order valence-corrected chi connectivity index (χ1v) is 7.17. The molecule has 0 radical (unpaired) electrons. The molecule has 0 aromatic heterocycles. The van der Waals surface area contributed by atoms with E-state index in [0.29, 0.717) is 11.9 Å². The maximum Gasteiger partial charge on any atom is 0.143 e. The summed E-state index contributed by atoms with van der Waals surface area (Å²) < 4.78 is 6.17. The predicted octanol–water partition coefficient (Wildman–Crippen LogP) is 1.79. The fourth-order valence-corrected chi connectivity index (χ4v) is 3.71. The van der Waals surface area contributed by atoms with E-state index in [1.165, 1.54) is 0 Å². The van der Waals surface area contributed by atoms with Crippen LogP contribution < -0.4 is 5.73 Å². The summed E-state index contributed by atoms with van der Waals surface area (Å²) >= 11 is 0. The zero-order chi connectivity index (χ0) is 14.3. The maximum absolute atomic E-state index is 8.84. The van der Waals surface area contributed by atoms with Crippen molar-refractivity contribution in [1.29, 1.82) is 0 Å². The standard InChI is InChI=1S/C14H27N3O2/c1-13(2)8-11(14(3,4)19-13)17-7-5-6-10(9-17)12(15)16-18/h10-11,18H,5-9H2,1-4H3,(H2,15,16). The molecule has 0 amide bonds. The highest BCUT2D eigenvalue weighted by molar-refractivity contribution is 5.82. The van der Waals surface area contributed by atoms with E-state index in [-0.39, 0.29) is 17.1 Å². The van der Waals surface area contributed by atoms with Gasteiger partial charge in [0.25, 0.3) is 0 Å². The molecule has 110 valence electrons. The second kappa shape index (κ2) is 4.94. The van der Waals surface area contributed by atoms with E-state index in [1.54, 1.807) is 0 Å². The first kappa shape index (κ1) is 14.6. The van der Waals surface area contributed by atoms with E-state index in [2.05, 4.69) is 37.8 Å². The molecule has 3 N–H and O–H groups in total. The maximum atomic E-state index is 8.84. The van der Waals surface area contributed by atoms with Crippen molar-refractivity contribution >= 4 is 5.84 Å². The van der Waals surface area contributed by atoms with E-state index in [9.17, 15) is 0 Å². The van der Waals surface area contributed by atoms with Gasteiger partial charge in [0.15, 0.2) is 0 Å². The van der Waals surface area contributed by atoms with Gasteiger partial charge in [-0.2, -0.15) is 0 Å². The molecule has 2 rings (SSSR count). The van der Waals surface area contributed by atoms with Crippen molar-refractivity contribution in [2.45, 2.75) is 64.2 Å². The van der Waals surface area contributed by atoms with Crippen molar-refractivity contribution in [3.05, 3.63) is 0 Å². The molecule has 2 fully saturated rings. The van der Waals surface area contributed by atoms with Crippen LogP contribution in [0.4, 0.5) is 0 Å². The molecule has 2 saturated heterocycles. The van der Waals surface area contributed by atoms with Crippen LogP contribution in [0.25, 0.3) is 0 Å². The van der Waals surface area contributed by atoms with Crippen molar-refractivity contribution < 1.29 is 9.94 Å². The van der Waals surface area contributed by atoms with Gasteiger partial charge >= 0.3 is 0 Å². The lowest BCUT2D eigenvalue weighted by molar-refractivity contribution is -0.0825. The summed E-state index contributed by atoms with van der Waals surface area (Å²) in [5.74, 6) is 0.527. The predicted molar refractivity (Wildman–Crippen MR) is 75.4 cm³/mol. The number of hydrogen-bond donors (Lipinski definition) is 2. The molecule has 2 unspecified atom stereocenters. The SMILES string of the molecule is CC1(C)CC(N2CCCC(C(N)=NO)C2)C(C)(C)O1. The lowest BCUT2D eigenvalue weighted by atomic mass is 9.88. The minimum absolute atomic E-state index is 0.0717. The summed E-state index contributed by atoms with van der Waals surface area (Å²) in [6, 6.07) is 0.400. The van der Waals surface area contributed by atoms with Crippen LogP contribution in [0.15, 0.2) is 5.16 Å². The minimum atomic E-state index is -0.142. The molecule has 2 heterocycles. The van der Waals surface area contributed by atoms with Crippen LogP contribution in [-0.2, 0) is 4.74 Å². The molecule has 0 saturated carbocycles. The van der Waals surface area contributed by atoms with Crippen molar-refractivity contribution in [2.24, 2.45) is 16.8 Å². The topological polar surface area (TPSA) is 71.1 Å². The van der Waals surface area contributed by atoms with Crippen LogP contribution >= 0.6 is 0 Å². The van der Waals surface area contributed by atoms with Gasteiger partial charge in [-0.15, -0.1) is 0 Å². The molecule has 5 nitrogen and oxygen atoms in total. The van der Waals surface area contributed by atoms with Crippen LogP contribution in [0, 0.1) is 5.92 Å². The van der Waals surface area contributed by atoms with Gasteiger partial charge in [0.05, 0.1) is 11.2 Å². The Morgan fingerprint density at radius 3 is 2.58 bits per heavy atom. The monoisotopic (exact) mass is 269 g/mol. The molecule has 0 bridgehead atoms. The molecule has 2 atom stereocenters. The Morgan fingerprint density at radius 1 is 1.37 bits per heavy atom. The zero-order valence-corrected chi connectivity index (χ0v) is 12.5. The average molecular weight is 269 g/mol. The summed E-state index contributed by atoms with van der Waals surface area (Å²) in [4.78, 5) is 2.46. The molecule has 5 heteroatoms. The van der Waals surface area contributed by atoms with Crippen LogP contribution in [-0.4, -0.2) is 46.3 Å². The second-order valence-corrected chi connectivity index (χ2v) is 7.04. The first-order chi connectivity index (χ1) is 8.75. The van der Waals surface area contributed by atoms with Crippen molar-refractivity contribution in [1.82, 2.24) is 4.90 Å². The number of oxime groups is 1. The second-order valence-electron chi connectivity index (χ2n) is 7.04. The summed E-state index contributed by atoms with van der Waals surface area (Å²) in [5, 5.41) is 12.0. The van der Waals surface area contributed by atoms with Gasteiger partial charge in [-0.1, -0.05) is 5.16 Å². The normalized spacial score (nSPS) is 35.5. The smallest absolute Gasteiger partial charge is 0.143 e. The number of amidine groups is 1. The Balaban J connectivity index is 2.09. The zero-order valence-electron chi connectivity index (χ0n) is 12.5. The number of likely N-dealkylation sites (tertiary alicyclic amines) is 1. The fraction of sp³-hybridized carbons (Fsp3) is 0.929. The summed E-state index contributed by atoms with van der Waals surface area (Å²) in [6.45, 7) is 10.6. The van der Waals surface area contributed by atoms with Crippen molar-refractivity contribution in [3.63, 3.8) is 0 Å². The Labute approximate surface area is 115 Å². The highest BCUT2D eigenvalue weighted by Crippen LogP contribution is 2.41. The Hall–Kier alpha value is -0.810. The molecule has 19 heavy (non-hydrogen) atoms. The highest BCUT2D eigenvalue weighted by atomic mass is 16.5. The van der Waals surface area contributed by atoms with Gasteiger partial charge in [-0.3, -0.25) is 4.90 Å². The quantitative estimate of drug-likeness (QED) is 0.347. The number of ether oxygens (including phenoxy) is 1. The van der Waals surface area contributed by atoms with Gasteiger partial charge in [0.1, 0.15) is 5.84 Å². The van der Waals surface area contributed by atoms with E-state index >= 15 is 0 Å². The molecule has 0 aliphatic carbocycles. The molecule has 2 aliphatic heterocycles. The number of nitrogens with two attached hydrogens (primary N) is 1. The molecular weight excluding hydrogens is 242 g/mol. The lowest BCUT2D eigenvalue weighted by Crippen LogP contribution is -2.52. The third-order valence-electron chi connectivity index (χ3n) is 4.45. The number of piperidine rings is 1. The van der Waals surface area contributed by atoms with E-state index in [0.717, 1.165) is 32.4 Å². The van der Waals surface area contributed by atoms with Gasteiger partial charge < -0.3 is 15.7 Å². The van der Waals surface area contributed by atoms with Crippen molar-refractivity contribution in [3.8, 4) is 0 Å². The largest absolute Gasteiger partial charge is 0.409 e. The first-order valence-electron chi connectivity index (χ1n) is 7.17. The van der Waals surface area contributed by atoms with Crippen LogP contribution in [0.2, 0.25) is 0 Å². The lowest BCUT2D eigenvalue weighted by Gasteiger charge is -2.40. The van der Waals surface area contributed by atoms with E-state index in [1.807, 2.05) is 0 Å². The summed E-state index contributed by atoms with van der Waals surface area (Å²) in [5.41, 5.74) is 5.56. The van der Waals surface area contributed by atoms with Crippen LogP contribution in [0.3, 0.4) is 0 Å². The van der Waals surface area contributed by atoms with E-state index in [4.69, 9.17) is 15.7 Å². The van der Waals surface area contributed by atoms with Crippen molar-refractivity contribution in [2.75, 3.05) is 13.1 Å². The summed E-state index contributed by atoms with van der Waals surface area (Å²) in [6.07, 6.45) is 3.13. The minimum Gasteiger partial charge on any atom is -0.409 e. The molecule has 2 aliphatic rings. The van der Waals surface area contributed by atoms with Crippen LogP contribution in [0.1, 0.15) is 47.0 Å². The highest BCUT2D eigenvalue weighted by Gasteiger charge is 2.49. The molecular formula is C14H27N3O2. The number of hydrogen-bond acceptors (Lipinski definition) is 4. The molecule has 0 spiro atoms. The Morgan fingerprint density at radius 2 is 2.05 bits per heavy atom. The Bertz CT molecular complexity index is 366. The fourth-order valence-electron chi connectivity index (χ4n) is 3.71. The van der Waals surface area contributed by atoms with Crippen LogP contribution in [0.5, 0.6) is 0 Å². The van der Waals surface area contributed by atoms with Gasteiger partial charge in [0, 0.05) is 18.5 Å². The molecule has 0 aromatic carbocycles. The number of rotatable bonds is 2. The van der Waals surface area contributed by atoms with E-state index < -0.39 is 0 Å². The number of nitrogens with zero attached hydrogens (tertiary/aromatic N) is 2. The third kappa shape index (κ3) is 3.03. The van der Waals surface area contributed by atoms with Gasteiger partial charge in [0.2, 0.25) is 0 Å². The summed E-state index contributed by atoms with van der Waals surface area (Å²) in [7, 11) is 0.